The fourth-order valence-corrected chi connectivity index (χ4v) is 2.98. The molecule has 0 saturated carbocycles. The second kappa shape index (κ2) is 7.50. The van der Waals surface area contributed by atoms with E-state index in [0.717, 1.165) is 5.69 Å². The normalized spacial score (nSPS) is 16.0. The Labute approximate surface area is 147 Å². The number of methoxy groups -OCH3 is 1. The van der Waals surface area contributed by atoms with Crippen LogP contribution < -0.4 is 9.64 Å². The van der Waals surface area contributed by atoms with E-state index in [2.05, 4.69) is 20.0 Å². The first-order chi connectivity index (χ1) is 12.1. The van der Waals surface area contributed by atoms with Gasteiger partial charge in [-0.3, -0.25) is 9.48 Å². The van der Waals surface area contributed by atoms with Crippen LogP contribution in [0.4, 0.5) is 5.95 Å². The molecule has 2 aromatic rings. The first-order valence-electron chi connectivity index (χ1n) is 8.47. The summed E-state index contributed by atoms with van der Waals surface area (Å²) in [5, 5.41) is 4.17. The lowest BCUT2D eigenvalue weighted by Gasteiger charge is -2.36. The highest BCUT2D eigenvalue weighted by Crippen LogP contribution is 2.17. The van der Waals surface area contributed by atoms with E-state index in [1.54, 1.807) is 24.1 Å². The molecule has 0 radical (unpaired) electrons. The Kier molecular flexibility index (Phi) is 5.16. The SMILES string of the molecule is COc1cc(C)nc(N2CCN(C(=O)[C@@H](C)Cn3cccn3)CC2)n1. The highest BCUT2D eigenvalue weighted by Gasteiger charge is 2.26. The highest BCUT2D eigenvalue weighted by molar-refractivity contribution is 5.78. The van der Waals surface area contributed by atoms with E-state index in [4.69, 9.17) is 4.74 Å². The van der Waals surface area contributed by atoms with E-state index < -0.39 is 0 Å². The van der Waals surface area contributed by atoms with Gasteiger partial charge >= 0.3 is 0 Å². The average Bonchev–Trinajstić information content (AvgIpc) is 3.13. The van der Waals surface area contributed by atoms with Gasteiger partial charge in [0, 0.05) is 50.3 Å². The van der Waals surface area contributed by atoms with Crippen molar-refractivity contribution in [3.8, 4) is 5.88 Å². The van der Waals surface area contributed by atoms with Gasteiger partial charge in [-0.25, -0.2) is 4.98 Å². The molecular formula is C17H24N6O2. The van der Waals surface area contributed by atoms with Crippen LogP contribution in [0, 0.1) is 12.8 Å². The number of hydrogen-bond acceptors (Lipinski definition) is 6. The zero-order valence-electron chi connectivity index (χ0n) is 14.9. The second-order valence-electron chi connectivity index (χ2n) is 6.29. The first kappa shape index (κ1) is 17.2. The Morgan fingerprint density at radius 3 is 2.68 bits per heavy atom. The molecule has 1 amide bonds. The fraction of sp³-hybridized carbons (Fsp3) is 0.529. The van der Waals surface area contributed by atoms with Gasteiger partial charge in [-0.05, 0) is 13.0 Å². The first-order valence-corrected chi connectivity index (χ1v) is 8.47. The molecule has 1 aliphatic heterocycles. The number of aromatic nitrogens is 4. The minimum atomic E-state index is -0.0956. The lowest BCUT2D eigenvalue weighted by Crippen LogP contribution is -2.51. The van der Waals surface area contributed by atoms with Gasteiger partial charge in [0.2, 0.25) is 17.7 Å². The van der Waals surface area contributed by atoms with Gasteiger partial charge in [0.15, 0.2) is 0 Å². The minimum Gasteiger partial charge on any atom is -0.481 e. The van der Waals surface area contributed by atoms with Crippen LogP contribution in [0.25, 0.3) is 0 Å². The molecule has 0 N–H and O–H groups in total. The van der Waals surface area contributed by atoms with Crippen LogP contribution in [0.15, 0.2) is 24.5 Å². The summed E-state index contributed by atoms with van der Waals surface area (Å²) in [5.74, 6) is 1.29. The van der Waals surface area contributed by atoms with Gasteiger partial charge in [-0.2, -0.15) is 10.1 Å². The molecule has 1 saturated heterocycles. The van der Waals surface area contributed by atoms with Crippen molar-refractivity contribution in [2.24, 2.45) is 5.92 Å². The van der Waals surface area contributed by atoms with Gasteiger partial charge in [0.05, 0.1) is 19.6 Å². The standard InChI is InChI=1S/C17H24N6O2/c1-13(12-23-6-4-5-18-23)16(24)21-7-9-22(10-8-21)17-19-14(2)11-15(20-17)25-3/h4-6,11,13H,7-10,12H2,1-3H3/t13-/m0/s1. The second-order valence-corrected chi connectivity index (χ2v) is 6.29. The number of hydrogen-bond donors (Lipinski definition) is 0. The van der Waals surface area contributed by atoms with E-state index in [1.165, 1.54) is 0 Å². The summed E-state index contributed by atoms with van der Waals surface area (Å²) in [6.07, 6.45) is 3.61. The molecule has 1 fully saturated rings. The van der Waals surface area contributed by atoms with Crippen LogP contribution in [0.5, 0.6) is 5.88 Å². The molecular weight excluding hydrogens is 320 g/mol. The number of aryl methyl sites for hydroxylation is 1. The lowest BCUT2D eigenvalue weighted by atomic mass is 10.1. The third-order valence-corrected chi connectivity index (χ3v) is 4.34. The molecule has 1 aliphatic rings. The predicted octanol–water partition coefficient (Wildman–Crippen LogP) is 0.975. The number of anilines is 1. The number of piperazine rings is 1. The van der Waals surface area contributed by atoms with Gasteiger partial charge in [-0.15, -0.1) is 0 Å². The number of nitrogens with zero attached hydrogens (tertiary/aromatic N) is 6. The highest BCUT2D eigenvalue weighted by atomic mass is 16.5. The van der Waals surface area contributed by atoms with Crippen molar-refractivity contribution >= 4 is 11.9 Å². The number of rotatable bonds is 5. The third-order valence-electron chi connectivity index (χ3n) is 4.34. The number of carbonyl (C=O) groups excluding carboxylic acids is 1. The zero-order valence-corrected chi connectivity index (χ0v) is 14.9. The van der Waals surface area contributed by atoms with E-state index in [0.29, 0.717) is 44.6 Å². The summed E-state index contributed by atoms with van der Waals surface area (Å²) >= 11 is 0. The van der Waals surface area contributed by atoms with Crippen LogP contribution in [0.2, 0.25) is 0 Å². The monoisotopic (exact) mass is 344 g/mol. The Balaban J connectivity index is 1.58. The Hall–Kier alpha value is -2.64. The number of carbonyl (C=O) groups is 1. The molecule has 134 valence electrons. The average molecular weight is 344 g/mol. The van der Waals surface area contributed by atoms with Gasteiger partial charge in [0.25, 0.3) is 0 Å². The predicted molar refractivity (Wildman–Crippen MR) is 93.5 cm³/mol. The maximum Gasteiger partial charge on any atom is 0.228 e. The van der Waals surface area contributed by atoms with Crippen molar-refractivity contribution < 1.29 is 9.53 Å². The third kappa shape index (κ3) is 4.07. The molecule has 0 bridgehead atoms. The maximum absolute atomic E-state index is 12.6. The molecule has 3 heterocycles. The topological polar surface area (TPSA) is 76.4 Å². The van der Waals surface area contributed by atoms with Crippen LogP contribution in [0.3, 0.4) is 0 Å². The molecule has 25 heavy (non-hydrogen) atoms. The van der Waals surface area contributed by atoms with Gasteiger partial charge in [-0.1, -0.05) is 6.92 Å². The van der Waals surface area contributed by atoms with Crippen molar-refractivity contribution in [3.05, 3.63) is 30.2 Å². The summed E-state index contributed by atoms with van der Waals surface area (Å²) in [6.45, 7) is 7.24. The Morgan fingerprint density at radius 1 is 1.28 bits per heavy atom. The van der Waals surface area contributed by atoms with Crippen LogP contribution >= 0.6 is 0 Å². The lowest BCUT2D eigenvalue weighted by molar-refractivity contribution is -0.135. The molecule has 1 atom stereocenters. The summed E-state index contributed by atoms with van der Waals surface area (Å²) in [7, 11) is 1.60. The quantitative estimate of drug-likeness (QED) is 0.805. The van der Waals surface area contributed by atoms with Crippen molar-refractivity contribution in [2.45, 2.75) is 20.4 Å². The maximum atomic E-state index is 12.6. The summed E-state index contributed by atoms with van der Waals surface area (Å²) in [5.41, 5.74) is 0.869. The molecule has 0 aliphatic carbocycles. The molecule has 0 aromatic carbocycles. The Morgan fingerprint density at radius 2 is 2.04 bits per heavy atom. The molecule has 0 unspecified atom stereocenters. The van der Waals surface area contributed by atoms with Crippen molar-refractivity contribution in [3.63, 3.8) is 0 Å². The van der Waals surface area contributed by atoms with E-state index in [-0.39, 0.29) is 11.8 Å². The summed E-state index contributed by atoms with van der Waals surface area (Å²) in [6, 6.07) is 3.67. The van der Waals surface area contributed by atoms with Crippen molar-refractivity contribution in [1.82, 2.24) is 24.6 Å². The smallest absolute Gasteiger partial charge is 0.228 e. The minimum absolute atomic E-state index is 0.0956. The van der Waals surface area contributed by atoms with E-state index >= 15 is 0 Å². The number of ether oxygens (including phenoxy) is 1. The molecule has 3 rings (SSSR count). The molecule has 2 aromatic heterocycles. The van der Waals surface area contributed by atoms with E-state index in [9.17, 15) is 4.79 Å². The number of amides is 1. The van der Waals surface area contributed by atoms with Gasteiger partial charge < -0.3 is 14.5 Å². The van der Waals surface area contributed by atoms with Crippen LogP contribution in [-0.4, -0.2) is 63.8 Å². The Bertz CT molecular complexity index is 710. The summed E-state index contributed by atoms with van der Waals surface area (Å²) in [4.78, 5) is 25.5. The largest absolute Gasteiger partial charge is 0.481 e. The molecule has 8 nitrogen and oxygen atoms in total. The fourth-order valence-electron chi connectivity index (χ4n) is 2.98. The van der Waals surface area contributed by atoms with Crippen molar-refractivity contribution in [1.29, 1.82) is 0 Å². The van der Waals surface area contributed by atoms with Crippen LogP contribution in [-0.2, 0) is 11.3 Å². The van der Waals surface area contributed by atoms with E-state index in [1.807, 2.05) is 31.0 Å². The zero-order chi connectivity index (χ0) is 17.8. The summed E-state index contributed by atoms with van der Waals surface area (Å²) < 4.78 is 7.01. The van der Waals surface area contributed by atoms with Gasteiger partial charge in [0.1, 0.15) is 0 Å². The van der Waals surface area contributed by atoms with Crippen molar-refractivity contribution in [2.75, 3.05) is 38.2 Å². The molecule has 0 spiro atoms. The van der Waals surface area contributed by atoms with Crippen LogP contribution in [0.1, 0.15) is 12.6 Å². The molecule has 8 heteroatoms.